The van der Waals surface area contributed by atoms with Gasteiger partial charge in [0.25, 0.3) is 5.91 Å². The standard InChI is InChI=1S/C18H16ClF6N3O2/c1-3-28(16(29)13-6-12(18(23,24)25)8-27-15(13)19)10(2)9-30-14-5-4-11(7-26-14)17(20,21)22/h4-8,10H,3,9H2,1-2H3/t10-/m0/s1. The molecule has 0 spiro atoms. The van der Waals surface area contributed by atoms with Crippen molar-refractivity contribution in [3.63, 3.8) is 0 Å². The van der Waals surface area contributed by atoms with Crippen molar-refractivity contribution in [2.75, 3.05) is 13.2 Å². The van der Waals surface area contributed by atoms with E-state index in [0.717, 1.165) is 12.1 Å². The summed E-state index contributed by atoms with van der Waals surface area (Å²) in [6, 6.07) is 1.79. The Kier molecular flexibility index (Phi) is 7.17. The number of amides is 1. The first kappa shape index (κ1) is 23.7. The van der Waals surface area contributed by atoms with Gasteiger partial charge in [0.15, 0.2) is 0 Å². The largest absolute Gasteiger partial charge is 0.475 e. The Labute approximate surface area is 172 Å². The first-order valence-corrected chi connectivity index (χ1v) is 8.92. The molecule has 0 saturated heterocycles. The third-order valence-corrected chi connectivity index (χ3v) is 4.37. The summed E-state index contributed by atoms with van der Waals surface area (Å²) in [6.45, 7) is 3.10. The van der Waals surface area contributed by atoms with E-state index < -0.39 is 41.0 Å². The average molecular weight is 456 g/mol. The number of alkyl halides is 6. The molecule has 2 aromatic heterocycles. The molecule has 164 valence electrons. The fourth-order valence-electron chi connectivity index (χ4n) is 2.49. The summed E-state index contributed by atoms with van der Waals surface area (Å²) in [5.41, 5.74) is -2.49. The van der Waals surface area contributed by atoms with Gasteiger partial charge in [-0.1, -0.05) is 11.6 Å². The van der Waals surface area contributed by atoms with Crippen LogP contribution in [0, 0.1) is 0 Å². The Morgan fingerprint density at radius 3 is 2.20 bits per heavy atom. The monoisotopic (exact) mass is 455 g/mol. The average Bonchev–Trinajstić information content (AvgIpc) is 2.66. The van der Waals surface area contributed by atoms with E-state index in [1.165, 1.54) is 4.90 Å². The Morgan fingerprint density at radius 1 is 1.10 bits per heavy atom. The molecule has 2 aromatic rings. The predicted molar refractivity (Wildman–Crippen MR) is 95.2 cm³/mol. The summed E-state index contributed by atoms with van der Waals surface area (Å²) in [6.07, 6.45) is -8.11. The van der Waals surface area contributed by atoms with Gasteiger partial charge in [0.05, 0.1) is 22.7 Å². The summed E-state index contributed by atoms with van der Waals surface area (Å²) in [5.74, 6) is -0.894. The molecule has 0 bridgehead atoms. The minimum absolute atomic E-state index is 0.0999. The second-order valence-electron chi connectivity index (χ2n) is 6.19. The van der Waals surface area contributed by atoms with Crippen LogP contribution in [0.1, 0.15) is 35.3 Å². The molecule has 5 nitrogen and oxygen atoms in total. The molecular formula is C18H16ClF6N3O2. The van der Waals surface area contributed by atoms with E-state index >= 15 is 0 Å². The second-order valence-corrected chi connectivity index (χ2v) is 6.55. The van der Waals surface area contributed by atoms with Crippen molar-refractivity contribution in [3.8, 4) is 5.88 Å². The van der Waals surface area contributed by atoms with Crippen LogP contribution in [-0.4, -0.2) is 40.0 Å². The Morgan fingerprint density at radius 2 is 1.70 bits per heavy atom. The Balaban J connectivity index is 2.12. The molecule has 2 heterocycles. The number of halogens is 7. The van der Waals surface area contributed by atoms with Gasteiger partial charge in [0, 0.05) is 25.0 Å². The molecule has 0 aliphatic carbocycles. The molecule has 30 heavy (non-hydrogen) atoms. The van der Waals surface area contributed by atoms with Crippen molar-refractivity contribution in [2.24, 2.45) is 0 Å². The van der Waals surface area contributed by atoms with Crippen LogP contribution in [0.4, 0.5) is 26.3 Å². The molecule has 0 radical (unpaired) electrons. The van der Waals surface area contributed by atoms with Crippen molar-refractivity contribution in [1.82, 2.24) is 14.9 Å². The van der Waals surface area contributed by atoms with Crippen molar-refractivity contribution in [1.29, 1.82) is 0 Å². The van der Waals surface area contributed by atoms with E-state index in [2.05, 4.69) is 9.97 Å². The molecule has 0 aliphatic heterocycles. The predicted octanol–water partition coefficient (Wildman–Crippen LogP) is 5.10. The molecule has 0 saturated carbocycles. The minimum Gasteiger partial charge on any atom is -0.475 e. The maximum Gasteiger partial charge on any atom is 0.417 e. The van der Waals surface area contributed by atoms with Gasteiger partial charge in [-0.25, -0.2) is 9.97 Å². The summed E-state index contributed by atoms with van der Waals surface area (Å²) >= 11 is 5.81. The van der Waals surface area contributed by atoms with Crippen molar-refractivity contribution in [2.45, 2.75) is 32.2 Å². The van der Waals surface area contributed by atoms with Crippen LogP contribution in [0.2, 0.25) is 5.15 Å². The van der Waals surface area contributed by atoms with Crippen LogP contribution >= 0.6 is 11.6 Å². The fraction of sp³-hybridized carbons (Fsp3) is 0.389. The van der Waals surface area contributed by atoms with E-state index in [1.807, 2.05) is 0 Å². The number of ether oxygens (including phenoxy) is 1. The molecule has 2 rings (SSSR count). The van der Waals surface area contributed by atoms with Crippen molar-refractivity contribution >= 4 is 17.5 Å². The Bertz CT molecular complexity index is 887. The van der Waals surface area contributed by atoms with Crippen molar-refractivity contribution < 1.29 is 35.9 Å². The zero-order valence-electron chi connectivity index (χ0n) is 15.7. The molecule has 0 unspecified atom stereocenters. The normalized spacial score (nSPS) is 13.1. The number of rotatable bonds is 6. The SMILES string of the molecule is CCN(C(=O)c1cc(C(F)(F)F)cnc1Cl)[C@@H](C)COc1ccc(C(F)(F)F)cn1. The quantitative estimate of drug-likeness (QED) is 0.449. The first-order chi connectivity index (χ1) is 13.8. The number of carbonyl (C=O) groups excluding carboxylic acids is 1. The van der Waals surface area contributed by atoms with E-state index in [0.29, 0.717) is 18.5 Å². The lowest BCUT2D eigenvalue weighted by molar-refractivity contribution is -0.138. The summed E-state index contributed by atoms with van der Waals surface area (Å²) in [4.78, 5) is 20.9. The summed E-state index contributed by atoms with van der Waals surface area (Å²) in [7, 11) is 0. The molecule has 0 aliphatic rings. The maximum absolute atomic E-state index is 12.9. The van der Waals surface area contributed by atoms with Crippen molar-refractivity contribution in [3.05, 3.63) is 52.4 Å². The highest BCUT2D eigenvalue weighted by atomic mass is 35.5. The lowest BCUT2D eigenvalue weighted by Crippen LogP contribution is -2.42. The van der Waals surface area contributed by atoms with Gasteiger partial charge in [-0.3, -0.25) is 4.79 Å². The van der Waals surface area contributed by atoms with E-state index in [4.69, 9.17) is 16.3 Å². The molecule has 1 atom stereocenters. The summed E-state index contributed by atoms with van der Waals surface area (Å²) < 4.78 is 81.7. The molecule has 0 fully saturated rings. The highest BCUT2D eigenvalue weighted by Gasteiger charge is 2.34. The number of hydrogen-bond acceptors (Lipinski definition) is 4. The highest BCUT2D eigenvalue weighted by molar-refractivity contribution is 6.32. The van der Waals surface area contributed by atoms with Gasteiger partial charge >= 0.3 is 12.4 Å². The van der Waals surface area contributed by atoms with Gasteiger partial charge in [-0.2, -0.15) is 26.3 Å². The van der Waals surface area contributed by atoms with Crippen LogP contribution in [-0.2, 0) is 12.4 Å². The van der Waals surface area contributed by atoms with Crippen LogP contribution in [0.3, 0.4) is 0 Å². The lowest BCUT2D eigenvalue weighted by Gasteiger charge is -2.28. The van der Waals surface area contributed by atoms with Gasteiger partial charge in [0.2, 0.25) is 5.88 Å². The van der Waals surface area contributed by atoms with Crippen LogP contribution in [0.25, 0.3) is 0 Å². The van der Waals surface area contributed by atoms with Crippen LogP contribution in [0.15, 0.2) is 30.6 Å². The Hall–Kier alpha value is -2.56. The topological polar surface area (TPSA) is 55.3 Å². The molecule has 12 heteroatoms. The van der Waals surface area contributed by atoms with E-state index in [-0.39, 0.29) is 24.2 Å². The number of hydrogen-bond donors (Lipinski definition) is 0. The molecule has 1 amide bonds. The number of pyridine rings is 2. The van der Waals surface area contributed by atoms with Gasteiger partial charge in [-0.05, 0) is 26.0 Å². The number of carbonyl (C=O) groups is 1. The zero-order valence-corrected chi connectivity index (χ0v) is 16.4. The summed E-state index contributed by atoms with van der Waals surface area (Å²) in [5, 5.41) is -0.385. The minimum atomic E-state index is -4.70. The van der Waals surface area contributed by atoms with Gasteiger partial charge in [0.1, 0.15) is 11.8 Å². The van der Waals surface area contributed by atoms with E-state index in [9.17, 15) is 31.1 Å². The molecule has 0 N–H and O–H groups in total. The number of aromatic nitrogens is 2. The zero-order chi connectivity index (χ0) is 22.7. The first-order valence-electron chi connectivity index (χ1n) is 8.54. The maximum atomic E-state index is 12.9. The van der Waals surface area contributed by atoms with Crippen LogP contribution in [0.5, 0.6) is 5.88 Å². The number of nitrogens with zero attached hydrogens (tertiary/aromatic N) is 3. The van der Waals surface area contributed by atoms with E-state index in [1.54, 1.807) is 13.8 Å². The third-order valence-electron chi connectivity index (χ3n) is 4.07. The second kappa shape index (κ2) is 9.07. The number of likely N-dealkylation sites (N-methyl/N-ethyl adjacent to an activating group) is 1. The highest BCUT2D eigenvalue weighted by Crippen LogP contribution is 2.31. The lowest BCUT2D eigenvalue weighted by atomic mass is 10.1. The molecular weight excluding hydrogens is 440 g/mol. The molecule has 0 aromatic carbocycles. The van der Waals surface area contributed by atoms with Gasteiger partial charge < -0.3 is 9.64 Å². The third kappa shape index (κ3) is 5.74. The van der Waals surface area contributed by atoms with Gasteiger partial charge in [-0.15, -0.1) is 0 Å². The fourth-order valence-corrected chi connectivity index (χ4v) is 2.68. The van der Waals surface area contributed by atoms with Crippen LogP contribution < -0.4 is 4.74 Å². The smallest absolute Gasteiger partial charge is 0.417 e.